The van der Waals surface area contributed by atoms with Gasteiger partial charge in [-0.15, -0.1) is 0 Å². The van der Waals surface area contributed by atoms with E-state index in [0.29, 0.717) is 22.0 Å². The van der Waals surface area contributed by atoms with Crippen LogP contribution in [0.3, 0.4) is 0 Å². The first-order valence-corrected chi connectivity index (χ1v) is 12.6. The summed E-state index contributed by atoms with van der Waals surface area (Å²) in [5, 5.41) is 5.37. The highest BCUT2D eigenvalue weighted by Gasteiger charge is 2.20. The van der Waals surface area contributed by atoms with Crippen LogP contribution in [0.25, 0.3) is 28.1 Å². The molecule has 0 radical (unpaired) electrons. The summed E-state index contributed by atoms with van der Waals surface area (Å²) in [6.45, 7) is 0. The van der Waals surface area contributed by atoms with Gasteiger partial charge in [0.05, 0.1) is 56.7 Å². The van der Waals surface area contributed by atoms with Crippen molar-refractivity contribution in [3.63, 3.8) is 0 Å². The molecule has 1 aliphatic heterocycles. The smallest absolute Gasteiger partial charge is 0.237 e. The molecule has 36 heavy (non-hydrogen) atoms. The van der Waals surface area contributed by atoms with Gasteiger partial charge in [0, 0.05) is 11.9 Å². The lowest BCUT2D eigenvalue weighted by Crippen LogP contribution is -2.22. The zero-order valence-corrected chi connectivity index (χ0v) is 21.1. The number of hydrogen-bond acceptors (Lipinski definition) is 5. The molecule has 2 heterocycles. The summed E-state index contributed by atoms with van der Waals surface area (Å²) < 4.78 is 7.63. The highest BCUT2D eigenvalue weighted by atomic mass is 35.5. The van der Waals surface area contributed by atoms with E-state index in [9.17, 15) is 0 Å². The number of hydrogen-bond donors (Lipinski definition) is 1. The van der Waals surface area contributed by atoms with E-state index in [0.717, 1.165) is 57.7 Å². The second-order valence-electron chi connectivity index (χ2n) is 8.79. The van der Waals surface area contributed by atoms with E-state index in [1.54, 1.807) is 13.3 Å². The highest BCUT2D eigenvalue weighted by molar-refractivity contribution is 6.42. The van der Waals surface area contributed by atoms with E-state index in [2.05, 4.69) is 27.0 Å². The third-order valence-electron chi connectivity index (χ3n) is 6.49. The average molecular weight is 516 g/mol. The number of methoxy groups -OCH3 is 1. The van der Waals surface area contributed by atoms with Crippen LogP contribution < -0.4 is 15.4 Å². The first-order chi connectivity index (χ1) is 17.6. The molecule has 1 aromatic heterocycles. The monoisotopic (exact) mass is 515 g/mol. The molecule has 2 aromatic carbocycles. The molecule has 6 nitrogen and oxygen atoms in total. The van der Waals surface area contributed by atoms with Crippen molar-refractivity contribution >= 4 is 45.6 Å². The number of aromatic nitrogens is 3. The van der Waals surface area contributed by atoms with Gasteiger partial charge in [-0.05, 0) is 73.9 Å². The number of rotatable bonds is 5. The number of ether oxygens (including phenoxy) is 1. The van der Waals surface area contributed by atoms with Crippen LogP contribution in [0.15, 0.2) is 77.9 Å². The number of anilines is 2. The fourth-order valence-corrected chi connectivity index (χ4v) is 4.75. The van der Waals surface area contributed by atoms with Gasteiger partial charge in [0.25, 0.3) is 0 Å². The number of benzene rings is 3. The topological polar surface area (TPSA) is 64.3 Å². The molecular weight excluding hydrogens is 493 g/mol. The molecule has 180 valence electrons. The molecule has 6 rings (SSSR count). The van der Waals surface area contributed by atoms with Crippen molar-refractivity contribution in [3.8, 4) is 23.0 Å². The Balaban J connectivity index is 1.64. The number of halogens is 2. The molecule has 0 saturated heterocycles. The summed E-state index contributed by atoms with van der Waals surface area (Å²) in [6, 6.07) is 22.0. The third kappa shape index (κ3) is 4.16. The summed E-state index contributed by atoms with van der Waals surface area (Å²) in [7, 11) is 1.61. The zero-order chi connectivity index (χ0) is 24.6. The van der Waals surface area contributed by atoms with E-state index in [1.807, 2.05) is 54.6 Å². The first kappa shape index (κ1) is 22.8. The van der Waals surface area contributed by atoms with Crippen molar-refractivity contribution in [2.24, 2.45) is 4.99 Å². The Morgan fingerprint density at radius 3 is 2.61 bits per heavy atom. The maximum Gasteiger partial charge on any atom is 0.237 e. The van der Waals surface area contributed by atoms with Crippen LogP contribution in [-0.4, -0.2) is 27.7 Å². The summed E-state index contributed by atoms with van der Waals surface area (Å²) in [6.07, 6.45) is 5.10. The molecule has 0 atom stereocenters. The van der Waals surface area contributed by atoms with Gasteiger partial charge in [-0.25, -0.2) is 9.97 Å². The Morgan fingerprint density at radius 1 is 0.972 bits per heavy atom. The number of nitrogens with one attached hydrogen (secondary N) is 1. The largest absolute Gasteiger partial charge is 0.480 e. The molecule has 3 aromatic rings. The SMILES string of the molecule is COc1ncccc1Nc1cc2nc3ccccc3n(-c3ccc(Cl)c(Cl)c3)c-2cc1=NC1CCC1. The zero-order valence-electron chi connectivity index (χ0n) is 19.6. The van der Waals surface area contributed by atoms with Gasteiger partial charge in [-0.1, -0.05) is 35.3 Å². The normalized spacial score (nSPS) is 14.2. The number of nitrogens with zero attached hydrogens (tertiary/aromatic N) is 4. The van der Waals surface area contributed by atoms with Gasteiger partial charge < -0.3 is 14.6 Å². The van der Waals surface area contributed by atoms with Gasteiger partial charge in [0.2, 0.25) is 5.88 Å². The molecule has 1 saturated carbocycles. The van der Waals surface area contributed by atoms with Crippen molar-refractivity contribution < 1.29 is 4.74 Å². The van der Waals surface area contributed by atoms with E-state index in [1.165, 1.54) is 6.42 Å². The number of para-hydroxylation sites is 2. The van der Waals surface area contributed by atoms with Crippen LogP contribution in [0.5, 0.6) is 5.88 Å². The molecule has 0 spiro atoms. The van der Waals surface area contributed by atoms with Crippen LogP contribution in [0.2, 0.25) is 10.0 Å². The fraction of sp³-hybridized carbons (Fsp3) is 0.179. The molecule has 3 aliphatic rings. The van der Waals surface area contributed by atoms with Crippen molar-refractivity contribution in [2.75, 3.05) is 12.4 Å². The molecule has 1 fully saturated rings. The van der Waals surface area contributed by atoms with Crippen LogP contribution in [0.1, 0.15) is 19.3 Å². The maximum atomic E-state index is 6.43. The van der Waals surface area contributed by atoms with Crippen molar-refractivity contribution in [1.29, 1.82) is 0 Å². The van der Waals surface area contributed by atoms with Gasteiger partial charge in [0.15, 0.2) is 0 Å². The molecule has 0 bridgehead atoms. The maximum absolute atomic E-state index is 6.43. The minimum absolute atomic E-state index is 0.311. The predicted molar refractivity (Wildman–Crippen MR) is 145 cm³/mol. The third-order valence-corrected chi connectivity index (χ3v) is 7.23. The summed E-state index contributed by atoms with van der Waals surface area (Å²) in [4.78, 5) is 14.4. The standard InChI is InChI=1S/C28H23Cl2N5O/c1-36-28-22(9-5-13-31-28)34-23-15-25-27(16-24(23)32-17-6-4-7-17)35(18-11-12-19(29)20(30)14-18)26-10-3-2-8-21(26)33-25/h2-3,5,8-17,34H,4,6-7H2,1H3. The second-order valence-corrected chi connectivity index (χ2v) is 9.61. The average Bonchev–Trinajstić information content (AvgIpc) is 2.87. The molecule has 0 amide bonds. The first-order valence-electron chi connectivity index (χ1n) is 11.8. The molecule has 2 aliphatic carbocycles. The predicted octanol–water partition coefficient (Wildman–Crippen LogP) is 7.04. The highest BCUT2D eigenvalue weighted by Crippen LogP contribution is 2.34. The van der Waals surface area contributed by atoms with Crippen molar-refractivity contribution in [2.45, 2.75) is 25.3 Å². The lowest BCUT2D eigenvalue weighted by Gasteiger charge is -2.23. The Bertz CT molecular complexity index is 1630. The molecular formula is C28H23Cl2N5O. The Morgan fingerprint density at radius 2 is 1.83 bits per heavy atom. The van der Waals surface area contributed by atoms with Crippen molar-refractivity contribution in [1.82, 2.24) is 14.5 Å². The summed E-state index contributed by atoms with van der Waals surface area (Å²) in [5.41, 5.74) is 6.09. The van der Waals surface area contributed by atoms with E-state index in [-0.39, 0.29) is 0 Å². The van der Waals surface area contributed by atoms with Crippen LogP contribution in [0, 0.1) is 0 Å². The Hall–Kier alpha value is -3.61. The lowest BCUT2D eigenvalue weighted by molar-refractivity contribution is 0.400. The van der Waals surface area contributed by atoms with Crippen LogP contribution >= 0.6 is 23.2 Å². The Kier molecular flexibility index (Phi) is 5.99. The quantitative estimate of drug-likeness (QED) is 0.255. The minimum atomic E-state index is 0.311. The van der Waals surface area contributed by atoms with E-state index in [4.69, 9.17) is 37.9 Å². The number of pyridine rings is 1. The molecule has 8 heteroatoms. The van der Waals surface area contributed by atoms with Gasteiger partial charge in [-0.3, -0.25) is 4.99 Å². The minimum Gasteiger partial charge on any atom is -0.480 e. The van der Waals surface area contributed by atoms with E-state index >= 15 is 0 Å². The molecule has 1 N–H and O–H groups in total. The Labute approximate surface area is 218 Å². The van der Waals surface area contributed by atoms with Gasteiger partial charge in [-0.2, -0.15) is 0 Å². The van der Waals surface area contributed by atoms with E-state index < -0.39 is 0 Å². The van der Waals surface area contributed by atoms with Gasteiger partial charge >= 0.3 is 0 Å². The van der Waals surface area contributed by atoms with Crippen molar-refractivity contribution in [3.05, 3.63) is 88.3 Å². The van der Waals surface area contributed by atoms with Crippen LogP contribution in [0.4, 0.5) is 11.4 Å². The molecule has 0 unspecified atom stereocenters. The summed E-state index contributed by atoms with van der Waals surface area (Å²) in [5.74, 6) is 0.518. The lowest BCUT2D eigenvalue weighted by atomic mass is 9.94. The van der Waals surface area contributed by atoms with Crippen LogP contribution in [-0.2, 0) is 0 Å². The second kappa shape index (κ2) is 9.45. The summed E-state index contributed by atoms with van der Waals surface area (Å²) >= 11 is 12.7. The number of fused-ring (bicyclic) bond motifs is 2. The van der Waals surface area contributed by atoms with Gasteiger partial charge in [0.1, 0.15) is 5.69 Å². The fourth-order valence-electron chi connectivity index (χ4n) is 4.46.